The lowest BCUT2D eigenvalue weighted by Gasteiger charge is -2.24. The fraction of sp³-hybridized carbons (Fsp3) is 0.543. The Morgan fingerprint density at radius 1 is 0.854 bits per heavy atom. The summed E-state index contributed by atoms with van der Waals surface area (Å²) in [6.45, 7) is 4.08. The van der Waals surface area contributed by atoms with E-state index in [1.54, 1.807) is 30.3 Å². The number of carboxylic acid groups (broad SMARTS) is 1. The minimum Gasteiger partial charge on any atom is -0.475 e. The molecule has 0 saturated heterocycles. The predicted molar refractivity (Wildman–Crippen MR) is 175 cm³/mol. The summed E-state index contributed by atoms with van der Waals surface area (Å²) in [6.07, 6.45) is 5.96. The molecule has 0 bridgehead atoms. The molecule has 0 saturated carbocycles. The molecule has 264 valence electrons. The van der Waals surface area contributed by atoms with Crippen LogP contribution in [0.4, 0.5) is 0 Å². The molecule has 48 heavy (non-hydrogen) atoms. The van der Waals surface area contributed by atoms with Gasteiger partial charge in [-0.05, 0) is 61.6 Å². The first-order valence-corrected chi connectivity index (χ1v) is 16.9. The molecule has 0 spiro atoms. The second kappa shape index (κ2) is 19.2. The Hall–Kier alpha value is -3.87. The van der Waals surface area contributed by atoms with Gasteiger partial charge in [0.25, 0.3) is 0 Å². The highest BCUT2D eigenvalue weighted by Gasteiger charge is 2.60. The summed E-state index contributed by atoms with van der Waals surface area (Å²) in [6, 6.07) is 11.5. The van der Waals surface area contributed by atoms with Crippen molar-refractivity contribution in [1.29, 1.82) is 0 Å². The van der Waals surface area contributed by atoms with Gasteiger partial charge in [0, 0.05) is 30.5 Å². The fourth-order valence-corrected chi connectivity index (χ4v) is 5.16. The van der Waals surface area contributed by atoms with Gasteiger partial charge in [0.05, 0.1) is 6.10 Å². The van der Waals surface area contributed by atoms with E-state index in [-0.39, 0.29) is 36.9 Å². The molecule has 3 unspecified atom stereocenters. The Balaban J connectivity index is 1.66. The number of halogens is 1. The molecule has 1 aliphatic rings. The van der Waals surface area contributed by atoms with E-state index >= 15 is 0 Å². The minimum atomic E-state index is -2.98. The largest absolute Gasteiger partial charge is 0.475 e. The number of benzene rings is 2. The van der Waals surface area contributed by atoms with E-state index in [2.05, 4.69) is 5.32 Å². The Morgan fingerprint density at radius 2 is 1.48 bits per heavy atom. The van der Waals surface area contributed by atoms with Crippen LogP contribution in [0.15, 0.2) is 42.5 Å². The highest BCUT2D eigenvalue weighted by Crippen LogP contribution is 2.41. The molecular formula is C35H46ClNO11. The lowest BCUT2D eigenvalue weighted by Crippen LogP contribution is -2.56. The van der Waals surface area contributed by atoms with Gasteiger partial charge >= 0.3 is 36.1 Å². The molecule has 0 radical (unpaired) electrons. The van der Waals surface area contributed by atoms with E-state index in [4.69, 9.17) is 35.3 Å². The number of ether oxygens (including phenoxy) is 5. The first kappa shape index (κ1) is 38.6. The normalized spacial score (nSPS) is 16.3. The van der Waals surface area contributed by atoms with Crippen LogP contribution in [0.25, 0.3) is 0 Å². The van der Waals surface area contributed by atoms with Crippen molar-refractivity contribution in [2.24, 2.45) is 0 Å². The van der Waals surface area contributed by atoms with Gasteiger partial charge in [-0.15, -0.1) is 0 Å². The van der Waals surface area contributed by atoms with E-state index < -0.39 is 42.2 Å². The summed E-state index contributed by atoms with van der Waals surface area (Å²) in [5, 5.41) is 24.3. The monoisotopic (exact) mass is 691 g/mol. The average Bonchev–Trinajstić information content (AvgIpc) is 3.45. The molecule has 1 heterocycles. The summed E-state index contributed by atoms with van der Waals surface area (Å²) in [5.41, 5.74) is 1.39. The molecular weight excluding hydrogens is 646 g/mol. The summed E-state index contributed by atoms with van der Waals surface area (Å²) in [5.74, 6) is -8.02. The molecule has 0 aliphatic carbocycles. The first-order chi connectivity index (χ1) is 23.0. The predicted octanol–water partition coefficient (Wildman–Crippen LogP) is 6.00. The van der Waals surface area contributed by atoms with E-state index in [1.807, 2.05) is 20.8 Å². The number of carboxylic acids is 1. The number of aliphatic hydroxyl groups excluding tert-OH is 1. The zero-order chi connectivity index (χ0) is 35.1. The number of carbonyl (C=O) groups is 4. The average molecular weight is 692 g/mol. The van der Waals surface area contributed by atoms with Gasteiger partial charge in [-0.1, -0.05) is 82.2 Å². The zero-order valence-corrected chi connectivity index (χ0v) is 28.5. The van der Waals surface area contributed by atoms with Crippen molar-refractivity contribution < 1.29 is 53.1 Å². The van der Waals surface area contributed by atoms with Crippen LogP contribution in [-0.2, 0) is 39.8 Å². The second-order valence-electron chi connectivity index (χ2n) is 11.8. The highest BCUT2D eigenvalue weighted by molar-refractivity contribution is 6.30. The highest BCUT2D eigenvalue weighted by atomic mass is 35.5. The van der Waals surface area contributed by atoms with Crippen molar-refractivity contribution in [3.8, 4) is 11.5 Å². The molecule has 0 fully saturated rings. The number of esters is 3. The molecule has 12 nitrogen and oxygen atoms in total. The molecule has 13 heteroatoms. The van der Waals surface area contributed by atoms with Crippen molar-refractivity contribution in [3.63, 3.8) is 0 Å². The molecule has 2 aromatic rings. The quantitative estimate of drug-likeness (QED) is 0.0606. The maximum Gasteiger partial charge on any atom is 0.453 e. The number of fused-ring (bicyclic) bond motifs is 1. The van der Waals surface area contributed by atoms with Gasteiger partial charge in [0.2, 0.25) is 0 Å². The number of hydrogen-bond acceptors (Lipinski definition) is 11. The Bertz CT molecular complexity index is 1360. The molecule has 3 rings (SSSR count). The van der Waals surface area contributed by atoms with Crippen LogP contribution in [0.2, 0.25) is 5.02 Å². The number of nitrogens with one attached hydrogen (secondary N) is 1. The van der Waals surface area contributed by atoms with Crippen molar-refractivity contribution >= 4 is 35.5 Å². The lowest BCUT2D eigenvalue weighted by molar-refractivity contribution is -0.270. The Morgan fingerprint density at radius 3 is 2.06 bits per heavy atom. The Kier molecular flexibility index (Phi) is 15.4. The lowest BCUT2D eigenvalue weighted by atomic mass is 10.1. The SMILES string of the molecule is CCCCCCC(=O)OC(OC(=O)CCCCCC)OC(=O)C1(C(=O)O)Oc2ccc(CC(C)NCC(O)c3cccc(Cl)c3)cc2O1. The molecule has 3 N–H and O–H groups in total. The smallest absolute Gasteiger partial charge is 0.453 e. The van der Waals surface area contributed by atoms with E-state index in [0.717, 1.165) is 44.1 Å². The van der Waals surface area contributed by atoms with Crippen LogP contribution in [0.3, 0.4) is 0 Å². The van der Waals surface area contributed by atoms with Gasteiger partial charge in [0.15, 0.2) is 11.5 Å². The zero-order valence-electron chi connectivity index (χ0n) is 27.7. The van der Waals surface area contributed by atoms with Gasteiger partial charge < -0.3 is 39.2 Å². The van der Waals surface area contributed by atoms with Gasteiger partial charge in [-0.25, -0.2) is 9.59 Å². The molecule has 0 aromatic heterocycles. The van der Waals surface area contributed by atoms with Crippen LogP contribution in [0.5, 0.6) is 11.5 Å². The molecule has 0 amide bonds. The van der Waals surface area contributed by atoms with Gasteiger partial charge in [0.1, 0.15) is 0 Å². The third-order valence-electron chi connectivity index (χ3n) is 7.63. The van der Waals surface area contributed by atoms with Gasteiger partial charge in [-0.2, -0.15) is 0 Å². The third-order valence-corrected chi connectivity index (χ3v) is 7.86. The summed E-state index contributed by atoms with van der Waals surface area (Å²) >= 11 is 6.02. The molecule has 1 aliphatic heterocycles. The van der Waals surface area contributed by atoms with Crippen LogP contribution < -0.4 is 14.8 Å². The fourth-order valence-electron chi connectivity index (χ4n) is 4.96. The van der Waals surface area contributed by atoms with Crippen LogP contribution >= 0.6 is 11.6 Å². The van der Waals surface area contributed by atoms with Crippen molar-refractivity contribution in [2.75, 3.05) is 6.54 Å². The third kappa shape index (κ3) is 11.7. The van der Waals surface area contributed by atoms with E-state index in [0.29, 0.717) is 29.8 Å². The van der Waals surface area contributed by atoms with Crippen LogP contribution in [0, 0.1) is 0 Å². The summed E-state index contributed by atoms with van der Waals surface area (Å²) in [4.78, 5) is 50.7. The number of carbonyl (C=O) groups excluding carboxylic acids is 3. The van der Waals surface area contributed by atoms with Crippen molar-refractivity contribution in [1.82, 2.24) is 5.32 Å². The van der Waals surface area contributed by atoms with Crippen molar-refractivity contribution in [3.05, 3.63) is 58.6 Å². The Labute approximate surface area is 286 Å². The van der Waals surface area contributed by atoms with Crippen molar-refractivity contribution in [2.45, 2.75) is 116 Å². The number of hydrogen-bond donors (Lipinski definition) is 3. The minimum absolute atomic E-state index is 0.0137. The number of rotatable bonds is 21. The summed E-state index contributed by atoms with van der Waals surface area (Å²) < 4.78 is 26.4. The maximum absolute atomic E-state index is 13.3. The number of aliphatic hydroxyl groups is 1. The van der Waals surface area contributed by atoms with E-state index in [9.17, 15) is 29.4 Å². The van der Waals surface area contributed by atoms with Crippen LogP contribution in [-0.4, -0.2) is 58.9 Å². The summed E-state index contributed by atoms with van der Waals surface area (Å²) in [7, 11) is 0. The number of aliphatic carboxylic acids is 1. The number of unbranched alkanes of at least 4 members (excludes halogenated alkanes) is 6. The molecule has 2 aromatic carbocycles. The van der Waals surface area contributed by atoms with Gasteiger partial charge in [-0.3, -0.25) is 9.59 Å². The van der Waals surface area contributed by atoms with E-state index in [1.165, 1.54) is 12.1 Å². The maximum atomic E-state index is 13.3. The van der Waals surface area contributed by atoms with Crippen LogP contribution in [0.1, 0.15) is 102 Å². The molecule has 3 atom stereocenters. The topological polar surface area (TPSA) is 167 Å². The second-order valence-corrected chi connectivity index (χ2v) is 12.2. The first-order valence-electron chi connectivity index (χ1n) is 16.5. The standard InChI is InChI=1S/C35H46ClNO11/c1-4-6-8-10-15-30(39)44-34(45-31(40)16-11-9-7-5-2)46-33(43)35(32(41)42)47-28-18-17-24(20-29(28)48-35)19-23(3)37-22-27(38)25-13-12-14-26(36)21-25/h12-14,17-18,20-21,23,27,34,37-38H,4-11,15-16,19,22H2,1-3H3,(H,41,42).